The van der Waals surface area contributed by atoms with E-state index in [-0.39, 0.29) is 6.09 Å². The van der Waals surface area contributed by atoms with Crippen molar-refractivity contribution >= 4 is 11.7 Å². The van der Waals surface area contributed by atoms with Crippen molar-refractivity contribution in [1.29, 1.82) is 0 Å². The zero-order valence-corrected chi connectivity index (χ0v) is 23.1. The van der Waals surface area contributed by atoms with Gasteiger partial charge in [-0.15, -0.1) is 0 Å². The Hall–Kier alpha value is -2.99. The van der Waals surface area contributed by atoms with Crippen molar-refractivity contribution in [3.63, 3.8) is 0 Å². The van der Waals surface area contributed by atoms with Gasteiger partial charge in [0.1, 0.15) is 18.1 Å². The van der Waals surface area contributed by atoms with Crippen molar-refractivity contribution in [2.24, 2.45) is 5.92 Å². The van der Waals surface area contributed by atoms with Crippen LogP contribution >= 0.6 is 0 Å². The van der Waals surface area contributed by atoms with Crippen molar-refractivity contribution in [2.75, 3.05) is 46.4 Å². The minimum absolute atomic E-state index is 0.191. The maximum Gasteiger partial charge on any atom is 0.409 e. The number of carbonyl (C=O) groups is 1. The van der Waals surface area contributed by atoms with E-state index < -0.39 is 0 Å². The molecular weight excluding hydrogens is 464 g/mol. The largest absolute Gasteiger partial charge is 0.496 e. The maximum absolute atomic E-state index is 12.0. The van der Waals surface area contributed by atoms with Gasteiger partial charge in [0, 0.05) is 38.3 Å². The van der Waals surface area contributed by atoms with Crippen molar-refractivity contribution < 1.29 is 19.0 Å². The molecule has 4 rings (SSSR count). The van der Waals surface area contributed by atoms with Crippen LogP contribution in [0.1, 0.15) is 56.4 Å². The summed E-state index contributed by atoms with van der Waals surface area (Å²) in [4.78, 5) is 16.2. The fourth-order valence-corrected chi connectivity index (χ4v) is 5.33. The molecule has 2 aliphatic rings. The second-order valence-electron chi connectivity index (χ2n) is 10.5. The van der Waals surface area contributed by atoms with Gasteiger partial charge < -0.3 is 19.1 Å². The molecule has 0 N–H and O–H groups in total. The van der Waals surface area contributed by atoms with Crippen molar-refractivity contribution in [3.05, 3.63) is 64.2 Å². The summed E-state index contributed by atoms with van der Waals surface area (Å²) in [6, 6.07) is 12.9. The predicted octanol–water partition coefficient (Wildman–Crippen LogP) is 5.97. The SMILES string of the molecule is CCOC(=O)N1CCN(CC2=C(C)c3ccc(OCc4ccc(CC(C)C)cc4OC)cc3CC2)CC1. The van der Waals surface area contributed by atoms with Gasteiger partial charge in [-0.2, -0.15) is 0 Å². The monoisotopic (exact) mass is 506 g/mol. The predicted molar refractivity (Wildman–Crippen MR) is 148 cm³/mol. The number of aryl methyl sites for hydroxylation is 1. The summed E-state index contributed by atoms with van der Waals surface area (Å²) in [6.45, 7) is 13.7. The van der Waals surface area contributed by atoms with E-state index in [1.807, 2.05) is 11.8 Å². The number of carbonyl (C=O) groups excluding carboxylic acids is 1. The summed E-state index contributed by atoms with van der Waals surface area (Å²) in [5.41, 5.74) is 7.91. The van der Waals surface area contributed by atoms with Gasteiger partial charge in [0.05, 0.1) is 13.7 Å². The number of ether oxygens (including phenoxy) is 3. The second kappa shape index (κ2) is 12.5. The Labute approximate surface area is 222 Å². The highest BCUT2D eigenvalue weighted by Crippen LogP contribution is 2.34. The molecule has 1 saturated heterocycles. The summed E-state index contributed by atoms with van der Waals surface area (Å²) in [6.07, 6.45) is 2.94. The lowest BCUT2D eigenvalue weighted by molar-refractivity contribution is 0.0818. The first kappa shape index (κ1) is 27.1. The molecule has 0 aromatic heterocycles. The van der Waals surface area contributed by atoms with Crippen LogP contribution in [-0.4, -0.2) is 62.3 Å². The number of allylic oxidation sites excluding steroid dienone is 1. The fraction of sp³-hybridized carbons (Fsp3) is 0.516. The average Bonchev–Trinajstić information content (AvgIpc) is 2.89. The van der Waals surface area contributed by atoms with Crippen molar-refractivity contribution in [1.82, 2.24) is 9.80 Å². The number of benzene rings is 2. The molecule has 0 unspecified atom stereocenters. The third-order valence-corrected chi connectivity index (χ3v) is 7.41. The molecule has 6 nitrogen and oxygen atoms in total. The lowest BCUT2D eigenvalue weighted by atomic mass is 9.86. The van der Waals surface area contributed by atoms with Crippen LogP contribution in [0.2, 0.25) is 0 Å². The van der Waals surface area contributed by atoms with E-state index in [0.717, 1.165) is 69.0 Å². The van der Waals surface area contributed by atoms with Gasteiger partial charge in [-0.25, -0.2) is 4.79 Å². The van der Waals surface area contributed by atoms with E-state index in [4.69, 9.17) is 14.2 Å². The van der Waals surface area contributed by atoms with E-state index in [9.17, 15) is 4.79 Å². The van der Waals surface area contributed by atoms with E-state index in [1.54, 1.807) is 7.11 Å². The molecule has 1 heterocycles. The molecular formula is C31H42N2O4. The highest BCUT2D eigenvalue weighted by atomic mass is 16.6. The Morgan fingerprint density at radius 3 is 2.51 bits per heavy atom. The Morgan fingerprint density at radius 2 is 1.81 bits per heavy atom. The number of hydrogen-bond donors (Lipinski definition) is 0. The molecule has 2 aromatic carbocycles. The molecule has 2 aromatic rings. The Morgan fingerprint density at radius 1 is 1.03 bits per heavy atom. The van der Waals surface area contributed by atoms with Gasteiger partial charge in [0.25, 0.3) is 0 Å². The molecule has 6 heteroatoms. The van der Waals surface area contributed by atoms with Gasteiger partial charge in [-0.05, 0) is 79.5 Å². The smallest absolute Gasteiger partial charge is 0.409 e. The zero-order valence-electron chi connectivity index (χ0n) is 23.1. The van der Waals surface area contributed by atoms with Gasteiger partial charge >= 0.3 is 6.09 Å². The van der Waals surface area contributed by atoms with Gasteiger partial charge in [0.15, 0.2) is 0 Å². The molecule has 0 bridgehead atoms. The van der Waals surface area contributed by atoms with E-state index in [1.165, 1.54) is 27.8 Å². The van der Waals surface area contributed by atoms with Crippen LogP contribution in [-0.2, 0) is 24.2 Å². The Kier molecular flexibility index (Phi) is 9.14. The normalized spacial score (nSPS) is 16.1. The molecule has 0 saturated carbocycles. The summed E-state index contributed by atoms with van der Waals surface area (Å²) in [5.74, 6) is 2.41. The highest BCUT2D eigenvalue weighted by Gasteiger charge is 2.24. The molecule has 200 valence electrons. The molecule has 1 fully saturated rings. The van der Waals surface area contributed by atoms with Gasteiger partial charge in [-0.3, -0.25) is 4.90 Å². The average molecular weight is 507 g/mol. The summed E-state index contributed by atoms with van der Waals surface area (Å²) >= 11 is 0. The fourth-order valence-electron chi connectivity index (χ4n) is 5.33. The summed E-state index contributed by atoms with van der Waals surface area (Å²) in [7, 11) is 1.73. The number of nitrogens with zero attached hydrogens (tertiary/aromatic N) is 2. The molecule has 1 aliphatic heterocycles. The number of hydrogen-bond acceptors (Lipinski definition) is 5. The molecule has 0 radical (unpaired) electrons. The number of piperazine rings is 1. The zero-order chi connectivity index (χ0) is 26.4. The van der Waals surface area contributed by atoms with Crippen molar-refractivity contribution in [3.8, 4) is 11.5 Å². The third-order valence-electron chi connectivity index (χ3n) is 7.41. The lowest BCUT2D eigenvalue weighted by Crippen LogP contribution is -2.49. The van der Waals surface area contributed by atoms with Crippen LogP contribution in [0.3, 0.4) is 0 Å². The topological polar surface area (TPSA) is 51.2 Å². The minimum atomic E-state index is -0.191. The number of rotatable bonds is 9. The van der Waals surface area contributed by atoms with E-state index in [2.05, 4.69) is 62.1 Å². The van der Waals surface area contributed by atoms with E-state index in [0.29, 0.717) is 19.1 Å². The highest BCUT2D eigenvalue weighted by molar-refractivity contribution is 5.72. The molecule has 0 spiro atoms. The third kappa shape index (κ3) is 6.86. The van der Waals surface area contributed by atoms with Crippen LogP contribution in [0.5, 0.6) is 11.5 Å². The van der Waals surface area contributed by atoms with Crippen molar-refractivity contribution in [2.45, 2.75) is 53.6 Å². The second-order valence-corrected chi connectivity index (χ2v) is 10.5. The van der Waals surface area contributed by atoms with Crippen LogP contribution < -0.4 is 9.47 Å². The number of amides is 1. The lowest BCUT2D eigenvalue weighted by Gasteiger charge is -2.35. The van der Waals surface area contributed by atoms with Crippen LogP contribution in [0.4, 0.5) is 4.79 Å². The Bertz CT molecular complexity index is 1120. The standard InChI is InChI=1S/C31H42N2O4/c1-6-36-31(34)33-15-13-32(14-16-33)20-26-10-9-25-19-28(11-12-29(25)23(26)4)37-21-27-8-7-24(17-22(2)3)18-30(27)35-5/h7-8,11-12,18-19,22H,6,9-10,13-17,20-21H2,1-5H3. The summed E-state index contributed by atoms with van der Waals surface area (Å²) in [5, 5.41) is 0. The van der Waals surface area contributed by atoms with Gasteiger partial charge in [0.2, 0.25) is 0 Å². The quantitative estimate of drug-likeness (QED) is 0.420. The first-order valence-corrected chi connectivity index (χ1v) is 13.6. The summed E-state index contributed by atoms with van der Waals surface area (Å²) < 4.78 is 17.0. The molecule has 0 atom stereocenters. The number of methoxy groups -OCH3 is 1. The first-order valence-electron chi connectivity index (χ1n) is 13.6. The van der Waals surface area contributed by atoms with Crippen LogP contribution in [0, 0.1) is 5.92 Å². The molecule has 1 amide bonds. The minimum Gasteiger partial charge on any atom is -0.496 e. The van der Waals surface area contributed by atoms with E-state index >= 15 is 0 Å². The Balaban J connectivity index is 1.36. The van der Waals surface area contributed by atoms with Gasteiger partial charge in [-0.1, -0.05) is 37.6 Å². The number of fused-ring (bicyclic) bond motifs is 1. The molecule has 37 heavy (non-hydrogen) atoms. The van der Waals surface area contributed by atoms with Crippen LogP contribution in [0.25, 0.3) is 5.57 Å². The van der Waals surface area contributed by atoms with Crippen LogP contribution in [0.15, 0.2) is 42.0 Å². The maximum atomic E-state index is 12.0. The first-order chi connectivity index (χ1) is 17.9. The molecule has 1 aliphatic carbocycles.